The van der Waals surface area contributed by atoms with E-state index in [9.17, 15) is 13.2 Å². The molecule has 0 radical (unpaired) electrons. The van der Waals surface area contributed by atoms with Crippen molar-refractivity contribution in [3.05, 3.63) is 66.3 Å². The molecule has 0 saturated heterocycles. The van der Waals surface area contributed by atoms with Crippen molar-refractivity contribution in [2.45, 2.75) is 43.9 Å². The topological polar surface area (TPSA) is 114 Å². The highest BCUT2D eigenvalue weighted by Gasteiger charge is 2.21. The molecule has 158 valence electrons. The van der Waals surface area contributed by atoms with Gasteiger partial charge >= 0.3 is 0 Å². The molecule has 1 aromatic heterocycles. The molecule has 3 rings (SSSR count). The summed E-state index contributed by atoms with van der Waals surface area (Å²) in [5.41, 5.74) is 0.407. The van der Waals surface area contributed by atoms with Crippen LogP contribution in [-0.2, 0) is 26.7 Å². The first-order valence-corrected chi connectivity index (χ1v) is 10.9. The first kappa shape index (κ1) is 21.5. The monoisotopic (exact) mass is 428 g/mol. The van der Waals surface area contributed by atoms with Crippen LogP contribution in [0.5, 0.6) is 0 Å². The number of para-hydroxylation sites is 2. The standard InChI is InChI=1S/C21H24N4O4S/c1-21(2,3)20-23-19(29-24-20)14-13-18(26)22-16-11-7-8-12-17(16)25-30(27,28)15-9-5-4-6-10-15/h4-12,25H,13-14H2,1-3H3,(H,22,26). The van der Waals surface area contributed by atoms with E-state index < -0.39 is 10.0 Å². The predicted molar refractivity (Wildman–Crippen MR) is 114 cm³/mol. The lowest BCUT2D eigenvalue weighted by atomic mass is 9.96. The van der Waals surface area contributed by atoms with Gasteiger partial charge in [-0.05, 0) is 24.3 Å². The third-order valence-electron chi connectivity index (χ3n) is 4.20. The van der Waals surface area contributed by atoms with Crippen LogP contribution in [0.4, 0.5) is 11.4 Å². The number of rotatable bonds is 7. The number of nitrogens with zero attached hydrogens (tertiary/aromatic N) is 2. The van der Waals surface area contributed by atoms with Gasteiger partial charge in [0.25, 0.3) is 10.0 Å². The smallest absolute Gasteiger partial charge is 0.261 e. The van der Waals surface area contributed by atoms with Crippen molar-refractivity contribution < 1.29 is 17.7 Å². The summed E-state index contributed by atoms with van der Waals surface area (Å²) in [5.74, 6) is 0.670. The Morgan fingerprint density at radius 2 is 1.63 bits per heavy atom. The highest BCUT2D eigenvalue weighted by molar-refractivity contribution is 7.92. The second-order valence-corrected chi connectivity index (χ2v) is 9.46. The Morgan fingerprint density at radius 1 is 1.00 bits per heavy atom. The summed E-state index contributed by atoms with van der Waals surface area (Å²) in [4.78, 5) is 16.8. The van der Waals surface area contributed by atoms with Crippen molar-refractivity contribution in [2.75, 3.05) is 10.0 Å². The zero-order valence-electron chi connectivity index (χ0n) is 17.0. The minimum atomic E-state index is -3.77. The quantitative estimate of drug-likeness (QED) is 0.592. The Kier molecular flexibility index (Phi) is 6.21. The van der Waals surface area contributed by atoms with Gasteiger partial charge in [0, 0.05) is 18.3 Å². The molecule has 0 bridgehead atoms. The normalized spacial score (nSPS) is 11.8. The summed E-state index contributed by atoms with van der Waals surface area (Å²) in [5, 5.41) is 6.67. The number of sulfonamides is 1. The van der Waals surface area contributed by atoms with Gasteiger partial charge in [0.15, 0.2) is 5.82 Å². The molecular weight excluding hydrogens is 404 g/mol. The summed E-state index contributed by atoms with van der Waals surface area (Å²) in [6.45, 7) is 5.92. The Morgan fingerprint density at radius 3 is 2.27 bits per heavy atom. The molecule has 0 atom stereocenters. The van der Waals surface area contributed by atoms with Crippen LogP contribution in [0.2, 0.25) is 0 Å². The van der Waals surface area contributed by atoms with E-state index in [2.05, 4.69) is 20.2 Å². The third-order valence-corrected chi connectivity index (χ3v) is 5.59. The lowest BCUT2D eigenvalue weighted by Gasteiger charge is -2.13. The van der Waals surface area contributed by atoms with Crippen LogP contribution in [-0.4, -0.2) is 24.5 Å². The number of aromatic nitrogens is 2. The van der Waals surface area contributed by atoms with Crippen molar-refractivity contribution in [1.82, 2.24) is 10.1 Å². The van der Waals surface area contributed by atoms with Gasteiger partial charge in [-0.1, -0.05) is 56.3 Å². The molecule has 9 heteroatoms. The predicted octanol–water partition coefficient (Wildman–Crippen LogP) is 3.74. The Hall–Kier alpha value is -3.20. The molecule has 0 unspecified atom stereocenters. The van der Waals surface area contributed by atoms with E-state index in [-0.39, 0.29) is 34.7 Å². The van der Waals surface area contributed by atoms with Crippen LogP contribution in [0.1, 0.15) is 38.9 Å². The molecule has 1 amide bonds. The molecule has 8 nitrogen and oxygen atoms in total. The molecular formula is C21H24N4O4S. The molecule has 0 aliphatic carbocycles. The molecule has 0 saturated carbocycles. The number of hydrogen-bond donors (Lipinski definition) is 2. The SMILES string of the molecule is CC(C)(C)c1noc(CCC(=O)Nc2ccccc2NS(=O)(=O)c2ccccc2)n1. The summed E-state index contributed by atoms with van der Waals surface area (Å²) in [7, 11) is -3.77. The first-order chi connectivity index (χ1) is 14.1. The summed E-state index contributed by atoms with van der Waals surface area (Å²) >= 11 is 0. The number of aryl methyl sites for hydroxylation is 1. The van der Waals surface area contributed by atoms with Crippen molar-refractivity contribution in [3.63, 3.8) is 0 Å². The third kappa shape index (κ3) is 5.44. The average Bonchev–Trinajstić information content (AvgIpc) is 3.18. The lowest BCUT2D eigenvalue weighted by molar-refractivity contribution is -0.116. The zero-order chi connectivity index (χ0) is 21.8. The van der Waals surface area contributed by atoms with Crippen LogP contribution in [0, 0.1) is 0 Å². The summed E-state index contributed by atoms with van der Waals surface area (Å²) in [6.07, 6.45) is 0.401. The maximum Gasteiger partial charge on any atom is 0.261 e. The number of carbonyl (C=O) groups excluding carboxylic acids is 1. The Balaban J connectivity index is 1.66. The van der Waals surface area contributed by atoms with Gasteiger partial charge < -0.3 is 9.84 Å². The van der Waals surface area contributed by atoms with Gasteiger partial charge in [-0.2, -0.15) is 4.98 Å². The molecule has 0 aliphatic heterocycles. The minimum Gasteiger partial charge on any atom is -0.339 e. The van der Waals surface area contributed by atoms with Crippen molar-refractivity contribution in [1.29, 1.82) is 0 Å². The number of hydrogen-bond acceptors (Lipinski definition) is 6. The number of carbonyl (C=O) groups is 1. The fourth-order valence-corrected chi connectivity index (χ4v) is 3.68. The van der Waals surface area contributed by atoms with Crippen molar-refractivity contribution in [2.24, 2.45) is 0 Å². The van der Waals surface area contributed by atoms with E-state index in [1.165, 1.54) is 12.1 Å². The maximum atomic E-state index is 12.6. The molecule has 1 heterocycles. The van der Waals surface area contributed by atoms with Gasteiger partial charge in [0.1, 0.15) is 0 Å². The van der Waals surface area contributed by atoms with Gasteiger partial charge in [-0.25, -0.2) is 8.42 Å². The number of amides is 1. The van der Waals surface area contributed by atoms with E-state index in [1.54, 1.807) is 42.5 Å². The molecule has 0 fully saturated rings. The van der Waals surface area contributed by atoms with E-state index in [4.69, 9.17) is 4.52 Å². The van der Waals surface area contributed by atoms with Crippen LogP contribution in [0.25, 0.3) is 0 Å². The van der Waals surface area contributed by atoms with Gasteiger partial charge in [0.2, 0.25) is 11.8 Å². The minimum absolute atomic E-state index is 0.117. The van der Waals surface area contributed by atoms with Gasteiger partial charge in [-0.15, -0.1) is 0 Å². The van der Waals surface area contributed by atoms with Gasteiger partial charge in [0.05, 0.1) is 16.3 Å². The summed E-state index contributed by atoms with van der Waals surface area (Å²) in [6, 6.07) is 14.6. The zero-order valence-corrected chi connectivity index (χ0v) is 17.9. The van der Waals surface area contributed by atoms with E-state index in [0.717, 1.165) is 0 Å². The highest BCUT2D eigenvalue weighted by Crippen LogP contribution is 2.25. The molecule has 2 N–H and O–H groups in total. The van der Waals surface area contributed by atoms with E-state index in [0.29, 0.717) is 17.4 Å². The second kappa shape index (κ2) is 8.66. The molecule has 3 aromatic rings. The second-order valence-electron chi connectivity index (χ2n) is 7.77. The van der Waals surface area contributed by atoms with Crippen molar-refractivity contribution in [3.8, 4) is 0 Å². The largest absolute Gasteiger partial charge is 0.339 e. The maximum absolute atomic E-state index is 12.6. The molecule has 0 spiro atoms. The highest BCUT2D eigenvalue weighted by atomic mass is 32.2. The fourth-order valence-electron chi connectivity index (χ4n) is 2.58. The molecule has 2 aromatic carbocycles. The molecule has 30 heavy (non-hydrogen) atoms. The van der Waals surface area contributed by atoms with Crippen LogP contribution in [0.15, 0.2) is 64.0 Å². The van der Waals surface area contributed by atoms with Crippen LogP contribution >= 0.6 is 0 Å². The fraction of sp³-hybridized carbons (Fsp3) is 0.286. The number of nitrogens with one attached hydrogen (secondary N) is 2. The van der Waals surface area contributed by atoms with E-state index in [1.807, 2.05) is 20.8 Å². The van der Waals surface area contributed by atoms with Crippen LogP contribution in [0.3, 0.4) is 0 Å². The Labute approximate surface area is 175 Å². The summed E-state index contributed by atoms with van der Waals surface area (Å²) < 4.78 is 32.9. The number of benzene rings is 2. The van der Waals surface area contributed by atoms with Gasteiger partial charge in [-0.3, -0.25) is 9.52 Å². The van der Waals surface area contributed by atoms with Crippen molar-refractivity contribution >= 4 is 27.3 Å². The first-order valence-electron chi connectivity index (χ1n) is 9.45. The Bertz CT molecular complexity index is 1120. The van der Waals surface area contributed by atoms with E-state index >= 15 is 0 Å². The average molecular weight is 429 g/mol. The number of anilines is 2. The molecule has 0 aliphatic rings. The lowest BCUT2D eigenvalue weighted by Crippen LogP contribution is -2.17. The van der Waals surface area contributed by atoms with Crippen LogP contribution < -0.4 is 10.0 Å².